The van der Waals surface area contributed by atoms with Crippen molar-refractivity contribution in [1.29, 1.82) is 0 Å². The number of nitrogens with zero attached hydrogens (tertiary/aromatic N) is 1. The number of hydrogen-bond donors (Lipinski definition) is 2. The van der Waals surface area contributed by atoms with E-state index in [0.29, 0.717) is 35.5 Å². The predicted octanol–water partition coefficient (Wildman–Crippen LogP) is 3.13. The summed E-state index contributed by atoms with van der Waals surface area (Å²) in [6.45, 7) is 4.96. The highest BCUT2D eigenvalue weighted by Crippen LogP contribution is 2.35. The molecule has 0 amide bonds. The van der Waals surface area contributed by atoms with E-state index >= 15 is 0 Å². The van der Waals surface area contributed by atoms with Crippen LogP contribution in [0, 0.1) is 0 Å². The van der Waals surface area contributed by atoms with E-state index in [4.69, 9.17) is 21.7 Å². The molecular weight excluding hydrogens is 370 g/mol. The van der Waals surface area contributed by atoms with Crippen LogP contribution in [0.1, 0.15) is 17.3 Å². The van der Waals surface area contributed by atoms with E-state index < -0.39 is 0 Å². The van der Waals surface area contributed by atoms with Gasteiger partial charge in [-0.25, -0.2) is 9.80 Å². The van der Waals surface area contributed by atoms with Crippen molar-refractivity contribution in [3.63, 3.8) is 0 Å². The Bertz CT molecular complexity index is 758. The van der Waals surface area contributed by atoms with Crippen LogP contribution >= 0.6 is 23.6 Å². The normalized spacial score (nSPS) is 14.7. The lowest BCUT2D eigenvalue weighted by Crippen LogP contribution is -2.49. The van der Waals surface area contributed by atoms with E-state index in [-0.39, 0.29) is 5.97 Å². The lowest BCUT2D eigenvalue weighted by atomic mass is 10.1. The Morgan fingerprint density at radius 3 is 2.73 bits per heavy atom. The monoisotopic (exact) mass is 391 g/mol. The van der Waals surface area contributed by atoms with Gasteiger partial charge in [0.05, 0.1) is 25.4 Å². The minimum Gasteiger partial charge on any atom is -0.462 e. The summed E-state index contributed by atoms with van der Waals surface area (Å²) in [7, 11) is 0. The summed E-state index contributed by atoms with van der Waals surface area (Å²) in [5.41, 5.74) is 4.68. The first-order chi connectivity index (χ1) is 12.7. The van der Waals surface area contributed by atoms with Crippen LogP contribution in [0.15, 0.2) is 36.4 Å². The molecule has 2 aromatic rings. The number of morpholine rings is 1. The first-order valence-corrected chi connectivity index (χ1v) is 9.66. The van der Waals surface area contributed by atoms with Gasteiger partial charge in [-0.15, -0.1) is 11.3 Å². The molecule has 2 heterocycles. The highest BCUT2D eigenvalue weighted by molar-refractivity contribution is 7.80. The van der Waals surface area contributed by atoms with Crippen LogP contribution in [0.4, 0.5) is 5.00 Å². The lowest BCUT2D eigenvalue weighted by molar-refractivity contribution is 0.0252. The summed E-state index contributed by atoms with van der Waals surface area (Å²) in [5, 5.41) is 6.26. The SMILES string of the molecule is CCOC(=O)c1cc(-c2ccccc2)sc1NC(=S)NN1CCOCC1. The predicted molar refractivity (Wildman–Crippen MR) is 107 cm³/mol. The van der Waals surface area contributed by atoms with Crippen LogP contribution in [-0.4, -0.2) is 49.0 Å². The van der Waals surface area contributed by atoms with Crippen molar-refractivity contribution in [3.8, 4) is 10.4 Å². The van der Waals surface area contributed by atoms with Crippen molar-refractivity contribution in [1.82, 2.24) is 10.4 Å². The van der Waals surface area contributed by atoms with Gasteiger partial charge < -0.3 is 14.8 Å². The summed E-state index contributed by atoms with van der Waals surface area (Å²) in [6, 6.07) is 11.8. The average molecular weight is 392 g/mol. The minimum atomic E-state index is -0.359. The molecule has 2 N–H and O–H groups in total. The third-order valence-corrected chi connectivity index (χ3v) is 5.08. The van der Waals surface area contributed by atoms with E-state index in [1.165, 1.54) is 11.3 Å². The second-order valence-corrected chi connectivity index (χ2v) is 7.07. The summed E-state index contributed by atoms with van der Waals surface area (Å²) >= 11 is 6.88. The minimum absolute atomic E-state index is 0.325. The van der Waals surface area contributed by atoms with Gasteiger partial charge >= 0.3 is 5.97 Å². The van der Waals surface area contributed by atoms with Crippen molar-refractivity contribution >= 4 is 39.6 Å². The van der Waals surface area contributed by atoms with Crippen molar-refractivity contribution in [2.75, 3.05) is 38.2 Å². The Hall–Kier alpha value is -2.00. The third-order valence-electron chi connectivity index (χ3n) is 3.78. The fourth-order valence-corrected chi connectivity index (χ4v) is 3.89. The number of esters is 1. The number of rotatable bonds is 5. The molecule has 8 heteroatoms. The second kappa shape index (κ2) is 9.09. The van der Waals surface area contributed by atoms with Crippen LogP contribution in [0.3, 0.4) is 0 Å². The topological polar surface area (TPSA) is 62.8 Å². The lowest BCUT2D eigenvalue weighted by Gasteiger charge is -2.28. The number of ether oxygens (including phenoxy) is 2. The smallest absolute Gasteiger partial charge is 0.341 e. The summed E-state index contributed by atoms with van der Waals surface area (Å²) in [6.07, 6.45) is 0. The molecule has 0 atom stereocenters. The summed E-state index contributed by atoms with van der Waals surface area (Å²) in [5.74, 6) is -0.359. The molecule has 0 spiro atoms. The number of nitrogens with one attached hydrogen (secondary N) is 2. The van der Waals surface area contributed by atoms with Gasteiger partial charge in [-0.2, -0.15) is 0 Å². The molecule has 1 aliphatic rings. The zero-order chi connectivity index (χ0) is 18.4. The molecule has 0 aliphatic carbocycles. The van der Waals surface area contributed by atoms with Gasteiger partial charge in [0.15, 0.2) is 5.11 Å². The zero-order valence-electron chi connectivity index (χ0n) is 14.5. The van der Waals surface area contributed by atoms with Crippen LogP contribution in [0.25, 0.3) is 10.4 Å². The molecule has 3 rings (SSSR count). The van der Waals surface area contributed by atoms with E-state index in [1.54, 1.807) is 6.92 Å². The molecule has 1 saturated heterocycles. The fourth-order valence-electron chi connectivity index (χ4n) is 2.54. The molecule has 1 aromatic carbocycles. The second-order valence-electron chi connectivity index (χ2n) is 5.61. The molecule has 0 bridgehead atoms. The standard InChI is InChI=1S/C18H21N3O3S2/c1-2-24-17(22)14-12-15(13-6-4-3-5-7-13)26-16(14)19-18(25)20-21-8-10-23-11-9-21/h3-7,12H,2,8-11H2,1H3,(H2,19,20,25). The first kappa shape index (κ1) is 18.8. The summed E-state index contributed by atoms with van der Waals surface area (Å²) < 4.78 is 10.5. The van der Waals surface area contributed by atoms with Gasteiger partial charge in [0, 0.05) is 18.0 Å². The van der Waals surface area contributed by atoms with Crippen LogP contribution < -0.4 is 10.7 Å². The Morgan fingerprint density at radius 2 is 2.04 bits per heavy atom. The maximum absolute atomic E-state index is 12.3. The Morgan fingerprint density at radius 1 is 1.31 bits per heavy atom. The Balaban J connectivity index is 1.78. The number of hydrogen-bond acceptors (Lipinski definition) is 6. The molecular formula is C18H21N3O3S2. The van der Waals surface area contributed by atoms with Gasteiger partial charge in [-0.05, 0) is 30.8 Å². The largest absolute Gasteiger partial charge is 0.462 e. The number of benzene rings is 1. The van der Waals surface area contributed by atoms with Crippen molar-refractivity contribution in [2.24, 2.45) is 0 Å². The van der Waals surface area contributed by atoms with Crippen LogP contribution in [0.5, 0.6) is 0 Å². The molecule has 1 aliphatic heterocycles. The average Bonchev–Trinajstić information content (AvgIpc) is 3.07. The maximum atomic E-state index is 12.3. The van der Waals surface area contributed by atoms with Gasteiger partial charge in [-0.3, -0.25) is 5.43 Å². The maximum Gasteiger partial charge on any atom is 0.341 e. The quantitative estimate of drug-likeness (QED) is 0.600. The number of carbonyl (C=O) groups is 1. The first-order valence-electron chi connectivity index (χ1n) is 8.44. The molecule has 1 aromatic heterocycles. The van der Waals surface area contributed by atoms with Crippen LogP contribution in [-0.2, 0) is 9.47 Å². The fraction of sp³-hybridized carbons (Fsp3) is 0.333. The molecule has 0 unspecified atom stereocenters. The van der Waals surface area contributed by atoms with Gasteiger partial charge in [-0.1, -0.05) is 30.3 Å². The van der Waals surface area contributed by atoms with E-state index in [9.17, 15) is 4.79 Å². The van der Waals surface area contributed by atoms with E-state index in [0.717, 1.165) is 23.5 Å². The molecule has 138 valence electrons. The summed E-state index contributed by atoms with van der Waals surface area (Å²) in [4.78, 5) is 13.3. The van der Waals surface area contributed by atoms with E-state index in [2.05, 4.69) is 10.7 Å². The van der Waals surface area contributed by atoms with Gasteiger partial charge in [0.1, 0.15) is 5.00 Å². The molecule has 0 saturated carbocycles. The number of anilines is 1. The molecule has 0 radical (unpaired) electrons. The van der Waals surface area contributed by atoms with E-state index in [1.807, 2.05) is 41.4 Å². The molecule has 1 fully saturated rings. The zero-order valence-corrected chi connectivity index (χ0v) is 16.1. The molecule has 6 nitrogen and oxygen atoms in total. The number of hydrazine groups is 1. The number of carbonyl (C=O) groups excluding carboxylic acids is 1. The van der Waals surface area contributed by atoms with Crippen LogP contribution in [0.2, 0.25) is 0 Å². The van der Waals surface area contributed by atoms with Gasteiger partial charge in [0.25, 0.3) is 0 Å². The van der Waals surface area contributed by atoms with Crippen molar-refractivity contribution in [3.05, 3.63) is 42.0 Å². The number of thiocarbonyl (C=S) groups is 1. The third kappa shape index (κ3) is 4.79. The molecule has 26 heavy (non-hydrogen) atoms. The Labute approximate surface area is 162 Å². The Kier molecular flexibility index (Phi) is 6.56. The highest BCUT2D eigenvalue weighted by atomic mass is 32.1. The highest BCUT2D eigenvalue weighted by Gasteiger charge is 2.20. The number of thiophene rings is 1. The van der Waals surface area contributed by atoms with Crippen molar-refractivity contribution in [2.45, 2.75) is 6.92 Å². The van der Waals surface area contributed by atoms with Crippen molar-refractivity contribution < 1.29 is 14.3 Å². The van der Waals surface area contributed by atoms with Gasteiger partial charge in [0.2, 0.25) is 0 Å².